The molecule has 0 aromatic carbocycles. The number of rotatable bonds is 5. The molecule has 3 rings (SSSR count). The third kappa shape index (κ3) is 4.54. The Bertz CT molecular complexity index is 808. The van der Waals surface area contributed by atoms with Crippen molar-refractivity contribution < 1.29 is 9.59 Å². The number of nitrogens with one attached hydrogen (secondary N) is 2. The molecule has 7 nitrogen and oxygen atoms in total. The molecule has 1 saturated heterocycles. The molecule has 0 saturated carbocycles. The minimum Gasteiger partial charge on any atom is -0.343 e. The number of likely N-dealkylation sites (tertiary alicyclic amines) is 1. The van der Waals surface area contributed by atoms with Crippen molar-refractivity contribution in [3.8, 4) is 0 Å². The maximum atomic E-state index is 12.2. The fraction of sp³-hybridized carbons (Fsp3) is 0.412. The summed E-state index contributed by atoms with van der Waals surface area (Å²) < 4.78 is 0. The number of nitrogens with zero attached hydrogens (tertiary/aromatic N) is 2. The molecule has 0 unspecified atom stereocenters. The first-order chi connectivity index (χ1) is 12.1. The quantitative estimate of drug-likeness (QED) is 0.853. The molecule has 0 spiro atoms. The molecule has 3 heterocycles. The van der Waals surface area contributed by atoms with Gasteiger partial charge >= 0.3 is 0 Å². The monoisotopic (exact) mass is 360 g/mol. The van der Waals surface area contributed by atoms with Crippen molar-refractivity contribution in [1.82, 2.24) is 14.9 Å². The predicted molar refractivity (Wildman–Crippen MR) is 95.9 cm³/mol. The highest BCUT2D eigenvalue weighted by Gasteiger charge is 2.17. The molecule has 8 heteroatoms. The molecule has 0 atom stereocenters. The Morgan fingerprint density at radius 3 is 2.84 bits per heavy atom. The molecule has 1 aliphatic heterocycles. The van der Waals surface area contributed by atoms with E-state index in [1.54, 1.807) is 6.07 Å². The van der Waals surface area contributed by atoms with E-state index in [9.17, 15) is 14.4 Å². The first-order valence-electron chi connectivity index (χ1n) is 8.35. The van der Waals surface area contributed by atoms with Crippen molar-refractivity contribution >= 4 is 28.3 Å². The van der Waals surface area contributed by atoms with Gasteiger partial charge in [0.05, 0.1) is 5.69 Å². The van der Waals surface area contributed by atoms with Crippen molar-refractivity contribution in [1.29, 1.82) is 0 Å². The summed E-state index contributed by atoms with van der Waals surface area (Å²) in [6.07, 6.45) is 5.81. The highest BCUT2D eigenvalue weighted by Crippen LogP contribution is 2.18. The molecule has 0 radical (unpaired) electrons. The number of aryl methyl sites for hydroxylation is 1. The fourth-order valence-electron chi connectivity index (χ4n) is 2.78. The number of pyridine rings is 1. The third-order valence-corrected chi connectivity index (χ3v) is 4.95. The van der Waals surface area contributed by atoms with Gasteiger partial charge in [0.25, 0.3) is 11.5 Å². The van der Waals surface area contributed by atoms with E-state index in [1.807, 2.05) is 10.3 Å². The Kier molecular flexibility index (Phi) is 5.60. The maximum absolute atomic E-state index is 12.2. The first-order valence-corrected chi connectivity index (χ1v) is 9.22. The number of hydrogen-bond acceptors (Lipinski definition) is 5. The number of H-pyrrole nitrogens is 1. The summed E-state index contributed by atoms with van der Waals surface area (Å²) in [5.41, 5.74) is 0.371. The predicted octanol–water partition coefficient (Wildman–Crippen LogP) is 2.03. The van der Waals surface area contributed by atoms with Crippen LogP contribution in [0.2, 0.25) is 0 Å². The van der Waals surface area contributed by atoms with Gasteiger partial charge in [0.2, 0.25) is 5.91 Å². The molecule has 0 bridgehead atoms. The summed E-state index contributed by atoms with van der Waals surface area (Å²) in [5, 5.41) is 4.88. The Labute approximate surface area is 149 Å². The zero-order chi connectivity index (χ0) is 17.6. The lowest BCUT2D eigenvalue weighted by molar-refractivity contribution is -0.132. The zero-order valence-electron chi connectivity index (χ0n) is 13.8. The van der Waals surface area contributed by atoms with E-state index >= 15 is 0 Å². The molecule has 2 aromatic rings. The van der Waals surface area contributed by atoms with Crippen LogP contribution >= 0.6 is 11.3 Å². The van der Waals surface area contributed by atoms with E-state index in [0.29, 0.717) is 18.0 Å². The van der Waals surface area contributed by atoms with E-state index in [-0.39, 0.29) is 11.5 Å². The van der Waals surface area contributed by atoms with E-state index in [1.165, 1.54) is 30.0 Å². The Hall–Kier alpha value is -2.48. The van der Waals surface area contributed by atoms with Gasteiger partial charge in [-0.2, -0.15) is 0 Å². The van der Waals surface area contributed by atoms with Crippen LogP contribution in [0.15, 0.2) is 28.5 Å². The largest absolute Gasteiger partial charge is 0.343 e. The summed E-state index contributed by atoms with van der Waals surface area (Å²) in [7, 11) is 0. The zero-order valence-corrected chi connectivity index (χ0v) is 14.6. The number of hydrogen-bond donors (Lipinski definition) is 2. The molecule has 1 fully saturated rings. The van der Waals surface area contributed by atoms with Gasteiger partial charge in [-0.1, -0.05) is 0 Å². The van der Waals surface area contributed by atoms with E-state index < -0.39 is 11.5 Å². The van der Waals surface area contributed by atoms with Gasteiger partial charge < -0.3 is 9.88 Å². The number of piperidine rings is 1. The summed E-state index contributed by atoms with van der Waals surface area (Å²) in [4.78, 5) is 44.6. The Morgan fingerprint density at radius 1 is 1.28 bits per heavy atom. The van der Waals surface area contributed by atoms with E-state index in [4.69, 9.17) is 0 Å². The number of aromatic amines is 1. The van der Waals surface area contributed by atoms with E-state index in [0.717, 1.165) is 31.6 Å². The lowest BCUT2D eigenvalue weighted by Crippen LogP contribution is -2.35. The molecule has 1 aliphatic rings. The van der Waals surface area contributed by atoms with Crippen LogP contribution in [-0.2, 0) is 11.2 Å². The number of carbonyl (C=O) groups is 2. The van der Waals surface area contributed by atoms with Gasteiger partial charge in [-0.25, -0.2) is 4.98 Å². The Balaban J connectivity index is 1.54. The molecule has 0 aliphatic carbocycles. The molecule has 132 valence electrons. The lowest BCUT2D eigenvalue weighted by atomic mass is 10.1. The second-order valence-electron chi connectivity index (χ2n) is 5.95. The summed E-state index contributed by atoms with van der Waals surface area (Å²) in [5.74, 6) is -0.332. The van der Waals surface area contributed by atoms with Crippen LogP contribution < -0.4 is 10.9 Å². The number of carbonyl (C=O) groups excluding carboxylic acids is 2. The van der Waals surface area contributed by atoms with Crippen LogP contribution in [0.3, 0.4) is 0 Å². The first kappa shape index (κ1) is 17.3. The van der Waals surface area contributed by atoms with Gasteiger partial charge in [-0.15, -0.1) is 11.3 Å². The van der Waals surface area contributed by atoms with Crippen molar-refractivity contribution in [2.45, 2.75) is 32.1 Å². The van der Waals surface area contributed by atoms with Crippen molar-refractivity contribution in [3.63, 3.8) is 0 Å². The Morgan fingerprint density at radius 2 is 2.08 bits per heavy atom. The molecular weight excluding hydrogens is 340 g/mol. The topological polar surface area (TPSA) is 95.2 Å². The van der Waals surface area contributed by atoms with E-state index in [2.05, 4.69) is 15.3 Å². The molecule has 2 N–H and O–H groups in total. The SMILES string of the molecule is O=C(Nc1nc(CCC(=O)N2CCCCC2)cs1)c1ccc[nH]c1=O. The van der Waals surface area contributed by atoms with Crippen LogP contribution in [0.5, 0.6) is 0 Å². The fourth-order valence-corrected chi connectivity index (χ4v) is 3.52. The van der Waals surface area contributed by atoms with Gasteiger partial charge in [0.1, 0.15) is 5.56 Å². The van der Waals surface area contributed by atoms with Crippen LogP contribution in [-0.4, -0.2) is 39.8 Å². The number of aromatic nitrogens is 2. The minimum atomic E-state index is -0.493. The van der Waals surface area contributed by atoms with Crippen LogP contribution in [0.4, 0.5) is 5.13 Å². The standard InChI is InChI=1S/C17H20N4O3S/c22-14(21-9-2-1-3-10-21)7-6-12-11-25-17(19-12)20-16(24)13-5-4-8-18-15(13)23/h4-5,8,11H,1-3,6-7,9-10H2,(H,18,23)(H,19,20,24). The van der Waals surface area contributed by atoms with Gasteiger partial charge in [-0.05, 0) is 37.8 Å². The number of amides is 2. The lowest BCUT2D eigenvalue weighted by Gasteiger charge is -2.26. The second-order valence-corrected chi connectivity index (χ2v) is 6.81. The second kappa shape index (κ2) is 8.06. The van der Waals surface area contributed by atoms with Crippen molar-refractivity contribution in [3.05, 3.63) is 45.3 Å². The van der Waals surface area contributed by atoms with Crippen LogP contribution in [0.1, 0.15) is 41.7 Å². The summed E-state index contributed by atoms with van der Waals surface area (Å²) >= 11 is 1.29. The summed E-state index contributed by atoms with van der Waals surface area (Å²) in [6.45, 7) is 1.70. The minimum absolute atomic E-state index is 0.0412. The van der Waals surface area contributed by atoms with Crippen molar-refractivity contribution in [2.24, 2.45) is 0 Å². The summed E-state index contributed by atoms with van der Waals surface area (Å²) in [6, 6.07) is 3.05. The average Bonchev–Trinajstić information content (AvgIpc) is 3.08. The highest BCUT2D eigenvalue weighted by atomic mass is 32.1. The van der Waals surface area contributed by atoms with Crippen molar-refractivity contribution in [2.75, 3.05) is 18.4 Å². The van der Waals surface area contributed by atoms with Crippen LogP contribution in [0.25, 0.3) is 0 Å². The molecular formula is C17H20N4O3S. The normalized spacial score (nSPS) is 14.3. The molecule has 25 heavy (non-hydrogen) atoms. The van der Waals surface area contributed by atoms with Gasteiger partial charge in [-0.3, -0.25) is 19.7 Å². The van der Waals surface area contributed by atoms with Crippen LogP contribution in [0, 0.1) is 0 Å². The highest BCUT2D eigenvalue weighted by molar-refractivity contribution is 7.14. The van der Waals surface area contributed by atoms with Gasteiger partial charge in [0, 0.05) is 31.1 Å². The molecule has 2 amide bonds. The van der Waals surface area contributed by atoms with Gasteiger partial charge in [0.15, 0.2) is 5.13 Å². The molecule has 2 aromatic heterocycles. The third-order valence-electron chi connectivity index (χ3n) is 4.14. The smallest absolute Gasteiger partial charge is 0.263 e. The average molecular weight is 360 g/mol. The maximum Gasteiger partial charge on any atom is 0.263 e. The number of thiazole rings is 1. The number of anilines is 1.